The van der Waals surface area contributed by atoms with Gasteiger partial charge < -0.3 is 9.30 Å². The Morgan fingerprint density at radius 1 is 1.24 bits per heavy atom. The molecule has 0 N–H and O–H groups in total. The molecule has 0 unspecified atom stereocenters. The number of hydrogen-bond acceptors (Lipinski definition) is 2. The number of piperidine rings is 1. The fourth-order valence-corrected chi connectivity index (χ4v) is 3.89. The maximum Gasteiger partial charge on any atom is 0.152 e. The summed E-state index contributed by atoms with van der Waals surface area (Å²) in [4.78, 5) is 7.32. The van der Waals surface area contributed by atoms with Crippen molar-refractivity contribution < 1.29 is 0 Å². The molecule has 4 heteroatoms. The van der Waals surface area contributed by atoms with Crippen molar-refractivity contribution in [1.29, 1.82) is 0 Å². The number of fused-ring (bicyclic) bond motifs is 1. The third kappa shape index (κ3) is 2.83. The Hall–Kier alpha value is -1.03. The highest BCUT2D eigenvalue weighted by Gasteiger charge is 2.30. The second kappa shape index (κ2) is 5.64. The minimum absolute atomic E-state index is 0.420. The van der Waals surface area contributed by atoms with E-state index in [9.17, 15) is 0 Å². The van der Waals surface area contributed by atoms with Crippen molar-refractivity contribution in [2.75, 3.05) is 18.0 Å². The number of aromatic nitrogens is 2. The van der Waals surface area contributed by atoms with Gasteiger partial charge in [0.05, 0.1) is 5.69 Å². The van der Waals surface area contributed by atoms with E-state index in [0.29, 0.717) is 5.41 Å². The first-order chi connectivity index (χ1) is 10.0. The summed E-state index contributed by atoms with van der Waals surface area (Å²) in [6.07, 6.45) is 4.63. The van der Waals surface area contributed by atoms with Gasteiger partial charge >= 0.3 is 0 Å². The summed E-state index contributed by atoms with van der Waals surface area (Å²) in [5.74, 6) is 1.98. The molecule has 3 nitrogen and oxygen atoms in total. The highest BCUT2D eigenvalue weighted by molar-refractivity contribution is 9.08. The fraction of sp³-hybridized carbons (Fsp3) is 0.588. The van der Waals surface area contributed by atoms with Crippen LogP contribution in [-0.2, 0) is 5.33 Å². The highest BCUT2D eigenvalue weighted by Crippen LogP contribution is 2.36. The molecule has 114 valence electrons. The zero-order valence-electron chi connectivity index (χ0n) is 13.1. The minimum Gasteiger partial charge on any atom is -0.355 e. The van der Waals surface area contributed by atoms with E-state index in [4.69, 9.17) is 4.98 Å². The van der Waals surface area contributed by atoms with Crippen LogP contribution in [0.3, 0.4) is 0 Å². The number of hydrogen-bond donors (Lipinski definition) is 0. The van der Waals surface area contributed by atoms with Gasteiger partial charge in [0, 0.05) is 24.6 Å². The SMILES string of the molecule is CC(C)(C)C1CCN(c2nc3ccccn3c2CBr)CC1. The van der Waals surface area contributed by atoms with Crippen molar-refractivity contribution >= 4 is 27.4 Å². The number of alkyl halides is 1. The predicted molar refractivity (Wildman–Crippen MR) is 92.2 cm³/mol. The number of rotatable bonds is 2. The smallest absolute Gasteiger partial charge is 0.152 e. The van der Waals surface area contributed by atoms with Crippen LogP contribution in [0.15, 0.2) is 24.4 Å². The van der Waals surface area contributed by atoms with Gasteiger partial charge in [-0.1, -0.05) is 42.8 Å². The van der Waals surface area contributed by atoms with E-state index in [1.807, 2.05) is 0 Å². The zero-order valence-corrected chi connectivity index (χ0v) is 14.7. The Morgan fingerprint density at radius 2 is 1.95 bits per heavy atom. The lowest BCUT2D eigenvalue weighted by Gasteiger charge is -2.39. The maximum atomic E-state index is 4.85. The molecule has 2 aromatic rings. The molecule has 1 aliphatic heterocycles. The van der Waals surface area contributed by atoms with Crippen LogP contribution < -0.4 is 4.90 Å². The van der Waals surface area contributed by atoms with Crippen molar-refractivity contribution in [2.24, 2.45) is 11.3 Å². The molecular formula is C17H24BrN3. The standard InChI is InChI=1S/C17H24BrN3/c1-17(2,3)13-7-10-20(11-8-13)16-14(12-18)21-9-5-4-6-15(21)19-16/h4-6,9,13H,7-8,10-12H2,1-3H3. The fourth-order valence-electron chi connectivity index (χ4n) is 3.37. The van der Waals surface area contributed by atoms with E-state index in [2.05, 4.69) is 70.4 Å². The van der Waals surface area contributed by atoms with E-state index < -0.39 is 0 Å². The molecule has 0 atom stereocenters. The lowest BCUT2D eigenvalue weighted by atomic mass is 9.75. The lowest BCUT2D eigenvalue weighted by molar-refractivity contribution is 0.198. The lowest BCUT2D eigenvalue weighted by Crippen LogP contribution is -2.38. The van der Waals surface area contributed by atoms with Crippen LogP contribution in [0.4, 0.5) is 5.82 Å². The Bertz CT molecular complexity index is 618. The molecule has 1 fully saturated rings. The average molecular weight is 350 g/mol. The number of imidazole rings is 1. The molecule has 21 heavy (non-hydrogen) atoms. The van der Waals surface area contributed by atoms with Crippen LogP contribution in [-0.4, -0.2) is 22.5 Å². The summed E-state index contributed by atoms with van der Waals surface area (Å²) in [7, 11) is 0. The summed E-state index contributed by atoms with van der Waals surface area (Å²) < 4.78 is 2.19. The quantitative estimate of drug-likeness (QED) is 0.744. The van der Waals surface area contributed by atoms with Gasteiger partial charge in [-0.2, -0.15) is 0 Å². The zero-order chi connectivity index (χ0) is 15.0. The number of anilines is 1. The normalized spacial score (nSPS) is 17.6. The van der Waals surface area contributed by atoms with Crippen LogP contribution in [0, 0.1) is 11.3 Å². The Kier molecular flexibility index (Phi) is 4.00. The van der Waals surface area contributed by atoms with Crippen molar-refractivity contribution in [1.82, 2.24) is 9.38 Å². The van der Waals surface area contributed by atoms with E-state index in [0.717, 1.165) is 35.8 Å². The molecule has 0 spiro atoms. The summed E-state index contributed by atoms with van der Waals surface area (Å²) in [6, 6.07) is 6.20. The summed E-state index contributed by atoms with van der Waals surface area (Å²) in [5.41, 5.74) is 2.73. The summed E-state index contributed by atoms with van der Waals surface area (Å²) in [6.45, 7) is 9.32. The first kappa shape index (κ1) is 14.9. The van der Waals surface area contributed by atoms with E-state index in [1.165, 1.54) is 18.5 Å². The monoisotopic (exact) mass is 349 g/mol. The summed E-state index contributed by atoms with van der Waals surface area (Å²) in [5, 5.41) is 0.840. The first-order valence-corrected chi connectivity index (χ1v) is 8.89. The van der Waals surface area contributed by atoms with Crippen molar-refractivity contribution in [2.45, 2.75) is 38.9 Å². The van der Waals surface area contributed by atoms with Gasteiger partial charge in [-0.15, -0.1) is 0 Å². The number of pyridine rings is 1. The van der Waals surface area contributed by atoms with Gasteiger partial charge in [0.2, 0.25) is 0 Å². The molecule has 0 aromatic carbocycles. The molecule has 3 heterocycles. The van der Waals surface area contributed by atoms with Gasteiger partial charge in [-0.25, -0.2) is 4.98 Å². The van der Waals surface area contributed by atoms with Crippen molar-refractivity contribution in [3.8, 4) is 0 Å². The van der Waals surface area contributed by atoms with E-state index in [-0.39, 0.29) is 0 Å². The van der Waals surface area contributed by atoms with Gasteiger partial charge in [0.15, 0.2) is 5.82 Å². The average Bonchev–Trinajstić information content (AvgIpc) is 2.85. The molecule has 0 radical (unpaired) electrons. The van der Waals surface area contributed by atoms with Crippen LogP contribution in [0.25, 0.3) is 5.65 Å². The minimum atomic E-state index is 0.420. The molecule has 0 bridgehead atoms. The predicted octanol–water partition coefficient (Wildman–Crippen LogP) is 4.49. The van der Waals surface area contributed by atoms with Crippen LogP contribution in [0.2, 0.25) is 0 Å². The van der Waals surface area contributed by atoms with Gasteiger partial charge in [0.1, 0.15) is 5.65 Å². The molecule has 1 aliphatic rings. The maximum absolute atomic E-state index is 4.85. The molecule has 0 amide bonds. The molecule has 2 aromatic heterocycles. The second-order valence-corrected chi connectivity index (χ2v) is 7.63. The van der Waals surface area contributed by atoms with Gasteiger partial charge in [-0.05, 0) is 36.3 Å². The topological polar surface area (TPSA) is 20.5 Å². The number of nitrogens with zero attached hydrogens (tertiary/aromatic N) is 3. The van der Waals surface area contributed by atoms with E-state index in [1.54, 1.807) is 0 Å². The molecule has 0 aliphatic carbocycles. The Morgan fingerprint density at radius 3 is 2.57 bits per heavy atom. The Labute approximate surface area is 135 Å². The molecule has 3 rings (SSSR count). The molecule has 0 saturated carbocycles. The number of halogens is 1. The third-order valence-electron chi connectivity index (χ3n) is 4.75. The van der Waals surface area contributed by atoms with Gasteiger partial charge in [-0.3, -0.25) is 0 Å². The first-order valence-electron chi connectivity index (χ1n) is 7.77. The second-order valence-electron chi connectivity index (χ2n) is 7.07. The Balaban J connectivity index is 1.85. The summed E-state index contributed by atoms with van der Waals surface area (Å²) >= 11 is 3.63. The van der Waals surface area contributed by atoms with Gasteiger partial charge in [0.25, 0.3) is 0 Å². The highest BCUT2D eigenvalue weighted by atomic mass is 79.9. The largest absolute Gasteiger partial charge is 0.355 e. The van der Waals surface area contributed by atoms with Crippen LogP contribution in [0.5, 0.6) is 0 Å². The van der Waals surface area contributed by atoms with Crippen molar-refractivity contribution in [3.63, 3.8) is 0 Å². The third-order valence-corrected chi connectivity index (χ3v) is 5.28. The molecule has 1 saturated heterocycles. The van der Waals surface area contributed by atoms with Crippen LogP contribution >= 0.6 is 15.9 Å². The van der Waals surface area contributed by atoms with E-state index >= 15 is 0 Å². The molecular weight excluding hydrogens is 326 g/mol. The van der Waals surface area contributed by atoms with Crippen molar-refractivity contribution in [3.05, 3.63) is 30.1 Å². The van der Waals surface area contributed by atoms with Crippen LogP contribution in [0.1, 0.15) is 39.3 Å².